The first-order valence-corrected chi connectivity index (χ1v) is 10.8. The number of carbonyl (C=O) groups excluding carboxylic acids is 1. The lowest BCUT2D eigenvalue weighted by atomic mass is 10.2. The van der Waals surface area contributed by atoms with Crippen molar-refractivity contribution >= 4 is 16.7 Å². The van der Waals surface area contributed by atoms with Gasteiger partial charge in [-0.25, -0.2) is 4.98 Å². The molecule has 1 saturated carbocycles. The summed E-state index contributed by atoms with van der Waals surface area (Å²) in [6, 6.07) is 5.61. The molecule has 1 fully saturated rings. The van der Waals surface area contributed by atoms with E-state index < -0.39 is 10.8 Å². The molecule has 1 heterocycles. The average molecular weight is 407 g/mol. The van der Waals surface area contributed by atoms with E-state index in [9.17, 15) is 9.00 Å². The van der Waals surface area contributed by atoms with Crippen molar-refractivity contribution in [3.05, 3.63) is 29.7 Å². The van der Waals surface area contributed by atoms with Crippen molar-refractivity contribution in [1.82, 2.24) is 10.3 Å². The number of rotatable bonds is 8. The van der Waals surface area contributed by atoms with Crippen molar-refractivity contribution in [2.45, 2.75) is 44.4 Å². The molecular formula is C20H26N2O5S. The molecule has 0 unspecified atom stereocenters. The van der Waals surface area contributed by atoms with E-state index in [0.717, 1.165) is 31.2 Å². The zero-order valence-corrected chi connectivity index (χ0v) is 17.3. The highest BCUT2D eigenvalue weighted by molar-refractivity contribution is 7.84. The Kier molecular flexibility index (Phi) is 6.72. The van der Waals surface area contributed by atoms with Gasteiger partial charge in [0.15, 0.2) is 11.5 Å². The highest BCUT2D eigenvalue weighted by atomic mass is 32.2. The van der Waals surface area contributed by atoms with E-state index in [1.165, 1.54) is 0 Å². The van der Waals surface area contributed by atoms with Gasteiger partial charge in [0, 0.05) is 22.4 Å². The van der Waals surface area contributed by atoms with E-state index in [1.54, 1.807) is 33.3 Å². The molecule has 8 heteroatoms. The number of aromatic nitrogens is 1. The Hall–Kier alpha value is -2.35. The maximum Gasteiger partial charge on any atom is 0.232 e. The summed E-state index contributed by atoms with van der Waals surface area (Å²) in [6.07, 6.45) is 4.31. The summed E-state index contributed by atoms with van der Waals surface area (Å²) in [7, 11) is 1.79. The molecule has 0 bridgehead atoms. The number of benzene rings is 1. The molecule has 3 rings (SSSR count). The standard InChI is InChI=1S/C20H26N2O5S/c1-13-16(11-28(24)12-19(23)21-15-6-4-5-7-15)22-20(27-13)14-8-9-17(25-2)18(10-14)26-3/h8-10,15H,4-7,11-12H2,1-3H3,(H,21,23)/t28-/m0/s1. The largest absolute Gasteiger partial charge is 0.493 e. The minimum atomic E-state index is -1.34. The molecule has 1 amide bonds. The molecular weight excluding hydrogens is 380 g/mol. The number of aryl methyl sites for hydroxylation is 1. The lowest BCUT2D eigenvalue weighted by molar-refractivity contribution is -0.119. The SMILES string of the molecule is COc1ccc(-c2nc(C[S@](=O)CC(=O)NC3CCCC3)c(C)o2)cc1OC. The van der Waals surface area contributed by atoms with Crippen LogP contribution >= 0.6 is 0 Å². The summed E-state index contributed by atoms with van der Waals surface area (Å²) in [6.45, 7) is 1.78. The number of hydrogen-bond donors (Lipinski definition) is 1. The van der Waals surface area contributed by atoms with Crippen molar-refractivity contribution in [2.24, 2.45) is 0 Å². The van der Waals surface area contributed by atoms with E-state index >= 15 is 0 Å². The minimum absolute atomic E-state index is 0.0194. The Morgan fingerprint density at radius 1 is 1.25 bits per heavy atom. The molecule has 0 spiro atoms. The highest BCUT2D eigenvalue weighted by Crippen LogP contribution is 2.32. The first-order valence-electron chi connectivity index (χ1n) is 9.33. The summed E-state index contributed by atoms with van der Waals surface area (Å²) in [5, 5.41) is 2.96. The Balaban J connectivity index is 1.65. The van der Waals surface area contributed by atoms with Crippen LogP contribution in [-0.2, 0) is 21.3 Å². The Morgan fingerprint density at radius 2 is 1.96 bits per heavy atom. The fourth-order valence-electron chi connectivity index (χ4n) is 3.34. The molecule has 1 aliphatic rings. The number of ether oxygens (including phenoxy) is 2. The lowest BCUT2D eigenvalue weighted by Crippen LogP contribution is -2.35. The van der Waals surface area contributed by atoms with E-state index in [-0.39, 0.29) is 23.5 Å². The number of nitrogens with zero attached hydrogens (tertiary/aromatic N) is 1. The van der Waals surface area contributed by atoms with Gasteiger partial charge in [0.2, 0.25) is 11.8 Å². The van der Waals surface area contributed by atoms with Gasteiger partial charge in [0.25, 0.3) is 0 Å². The van der Waals surface area contributed by atoms with Crippen LogP contribution in [0, 0.1) is 6.92 Å². The van der Waals surface area contributed by atoms with Gasteiger partial charge in [0.05, 0.1) is 25.7 Å². The average Bonchev–Trinajstić information content (AvgIpc) is 3.31. The Morgan fingerprint density at radius 3 is 2.64 bits per heavy atom. The fraction of sp³-hybridized carbons (Fsp3) is 0.500. The predicted molar refractivity (Wildman–Crippen MR) is 107 cm³/mol. The van der Waals surface area contributed by atoms with Crippen molar-refractivity contribution in [3.63, 3.8) is 0 Å². The van der Waals surface area contributed by atoms with E-state index in [1.807, 2.05) is 6.07 Å². The summed E-state index contributed by atoms with van der Waals surface area (Å²) in [4.78, 5) is 16.5. The molecule has 1 aromatic heterocycles. The van der Waals surface area contributed by atoms with Crippen molar-refractivity contribution in [1.29, 1.82) is 0 Å². The molecule has 28 heavy (non-hydrogen) atoms. The summed E-state index contributed by atoms with van der Waals surface area (Å²) >= 11 is 0. The monoisotopic (exact) mass is 406 g/mol. The molecule has 1 atom stereocenters. The third-order valence-electron chi connectivity index (χ3n) is 4.83. The molecule has 0 radical (unpaired) electrons. The molecule has 1 aliphatic carbocycles. The topological polar surface area (TPSA) is 90.7 Å². The van der Waals surface area contributed by atoms with Crippen LogP contribution in [-0.4, -0.2) is 41.1 Å². The Bertz CT molecular complexity index is 858. The maximum absolute atomic E-state index is 12.4. The van der Waals surface area contributed by atoms with Crippen molar-refractivity contribution < 1.29 is 22.9 Å². The first-order chi connectivity index (χ1) is 13.5. The lowest BCUT2D eigenvalue weighted by Gasteiger charge is -2.11. The van der Waals surface area contributed by atoms with Gasteiger partial charge in [-0.15, -0.1) is 0 Å². The second-order valence-electron chi connectivity index (χ2n) is 6.87. The highest BCUT2D eigenvalue weighted by Gasteiger charge is 2.20. The van der Waals surface area contributed by atoms with Gasteiger partial charge in [-0.1, -0.05) is 12.8 Å². The third kappa shape index (κ3) is 4.92. The molecule has 0 aliphatic heterocycles. The number of carbonyl (C=O) groups is 1. The smallest absolute Gasteiger partial charge is 0.232 e. The first kappa shape index (κ1) is 20.4. The number of nitrogens with one attached hydrogen (secondary N) is 1. The Labute approximate surface area is 167 Å². The number of amides is 1. The fourth-order valence-corrected chi connectivity index (χ4v) is 4.39. The van der Waals surface area contributed by atoms with Crippen molar-refractivity contribution in [2.75, 3.05) is 20.0 Å². The van der Waals surface area contributed by atoms with Crippen LogP contribution in [0.15, 0.2) is 22.6 Å². The minimum Gasteiger partial charge on any atom is -0.493 e. The van der Waals surface area contributed by atoms with Gasteiger partial charge in [-0.2, -0.15) is 0 Å². The van der Waals surface area contributed by atoms with Gasteiger partial charge >= 0.3 is 0 Å². The van der Waals surface area contributed by atoms with E-state index in [2.05, 4.69) is 10.3 Å². The van der Waals surface area contributed by atoms with Crippen LogP contribution < -0.4 is 14.8 Å². The number of hydrogen-bond acceptors (Lipinski definition) is 6. The maximum atomic E-state index is 12.4. The third-order valence-corrected chi connectivity index (χ3v) is 6.01. The van der Waals surface area contributed by atoms with Gasteiger partial charge in [0.1, 0.15) is 11.5 Å². The second-order valence-corrected chi connectivity index (χ2v) is 8.33. The van der Waals surface area contributed by atoms with Crippen LogP contribution in [0.3, 0.4) is 0 Å². The number of methoxy groups -OCH3 is 2. The van der Waals surface area contributed by atoms with E-state index in [0.29, 0.717) is 28.8 Å². The summed E-state index contributed by atoms with van der Waals surface area (Å²) in [5.74, 6) is 2.20. The number of oxazole rings is 1. The molecule has 0 saturated heterocycles. The molecule has 1 N–H and O–H groups in total. The zero-order valence-electron chi connectivity index (χ0n) is 16.4. The van der Waals surface area contributed by atoms with Gasteiger partial charge in [-0.05, 0) is 38.0 Å². The molecule has 2 aromatic rings. The summed E-state index contributed by atoms with van der Waals surface area (Å²) in [5.41, 5.74) is 1.33. The van der Waals surface area contributed by atoms with E-state index in [4.69, 9.17) is 13.9 Å². The van der Waals surface area contributed by atoms with Crippen LogP contribution in [0.1, 0.15) is 37.1 Å². The normalized spacial score (nSPS) is 15.4. The molecule has 7 nitrogen and oxygen atoms in total. The van der Waals surface area contributed by atoms with Crippen LogP contribution in [0.5, 0.6) is 11.5 Å². The van der Waals surface area contributed by atoms with Crippen molar-refractivity contribution in [3.8, 4) is 23.0 Å². The summed E-state index contributed by atoms with van der Waals surface area (Å²) < 4.78 is 28.7. The van der Waals surface area contributed by atoms with Crippen LogP contribution in [0.25, 0.3) is 11.5 Å². The zero-order chi connectivity index (χ0) is 20.1. The molecule has 152 valence electrons. The van der Waals surface area contributed by atoms with Gasteiger partial charge < -0.3 is 19.2 Å². The quantitative estimate of drug-likeness (QED) is 0.725. The second kappa shape index (κ2) is 9.23. The molecule has 1 aromatic carbocycles. The van der Waals surface area contributed by atoms with Gasteiger partial charge in [-0.3, -0.25) is 9.00 Å². The predicted octanol–water partition coefficient (Wildman–Crippen LogP) is 2.97. The van der Waals surface area contributed by atoms with Crippen LogP contribution in [0.2, 0.25) is 0 Å². The van der Waals surface area contributed by atoms with Crippen LogP contribution in [0.4, 0.5) is 0 Å².